The number of thiophene rings is 1. The largest absolute Gasteiger partial charge is 0.493 e. The summed E-state index contributed by atoms with van der Waals surface area (Å²) in [6.45, 7) is 4.61. The van der Waals surface area contributed by atoms with Gasteiger partial charge in [0.1, 0.15) is 12.0 Å². The first-order chi connectivity index (χ1) is 8.70. The van der Waals surface area contributed by atoms with Gasteiger partial charge >= 0.3 is 0 Å². The maximum absolute atomic E-state index is 10.8. The van der Waals surface area contributed by atoms with Gasteiger partial charge in [-0.3, -0.25) is 4.79 Å². The fourth-order valence-electron chi connectivity index (χ4n) is 1.99. The van der Waals surface area contributed by atoms with Crippen molar-refractivity contribution in [3.63, 3.8) is 0 Å². The van der Waals surface area contributed by atoms with Crippen LogP contribution in [0, 0.1) is 13.8 Å². The maximum Gasteiger partial charge on any atom is 0.150 e. The van der Waals surface area contributed by atoms with E-state index in [4.69, 9.17) is 4.74 Å². The summed E-state index contributed by atoms with van der Waals surface area (Å²) in [4.78, 5) is 12.1. The molecule has 0 aliphatic carbocycles. The van der Waals surface area contributed by atoms with Gasteiger partial charge in [0.15, 0.2) is 0 Å². The van der Waals surface area contributed by atoms with Crippen molar-refractivity contribution < 1.29 is 9.53 Å². The lowest BCUT2D eigenvalue weighted by Crippen LogP contribution is -2.03. The molecule has 2 nitrogen and oxygen atoms in total. The summed E-state index contributed by atoms with van der Waals surface area (Å²) in [7, 11) is 0. The third-order valence-corrected chi connectivity index (χ3v) is 3.73. The molecule has 0 unspecified atom stereocenters. The molecule has 0 spiro atoms. The van der Waals surface area contributed by atoms with Crippen LogP contribution in [0.1, 0.15) is 26.4 Å². The van der Waals surface area contributed by atoms with Gasteiger partial charge in [0.25, 0.3) is 0 Å². The van der Waals surface area contributed by atoms with E-state index in [9.17, 15) is 4.79 Å². The van der Waals surface area contributed by atoms with E-state index >= 15 is 0 Å². The minimum absolute atomic E-state index is 0.669. The molecule has 0 aliphatic heterocycles. The van der Waals surface area contributed by atoms with Crippen LogP contribution in [-0.2, 0) is 6.42 Å². The maximum atomic E-state index is 10.8. The second-order valence-electron chi connectivity index (χ2n) is 4.28. The number of hydrogen-bond acceptors (Lipinski definition) is 3. The molecule has 0 aliphatic rings. The number of aryl methyl sites for hydroxylation is 2. The highest BCUT2D eigenvalue weighted by atomic mass is 32.1. The molecule has 1 heterocycles. The van der Waals surface area contributed by atoms with E-state index in [1.807, 2.05) is 26.0 Å². The molecule has 0 amide bonds. The molecule has 0 saturated heterocycles. The fraction of sp³-hybridized carbons (Fsp3) is 0.267. The van der Waals surface area contributed by atoms with Crippen LogP contribution in [-0.4, -0.2) is 12.9 Å². The van der Waals surface area contributed by atoms with E-state index in [0.717, 1.165) is 29.6 Å². The van der Waals surface area contributed by atoms with Crippen LogP contribution in [0.5, 0.6) is 5.75 Å². The number of benzene rings is 1. The van der Waals surface area contributed by atoms with E-state index < -0.39 is 0 Å². The molecule has 0 N–H and O–H groups in total. The summed E-state index contributed by atoms with van der Waals surface area (Å²) in [6, 6.07) is 7.89. The number of carbonyl (C=O) groups is 1. The molecule has 2 rings (SSSR count). The van der Waals surface area contributed by atoms with Crippen molar-refractivity contribution in [2.24, 2.45) is 0 Å². The smallest absolute Gasteiger partial charge is 0.150 e. The van der Waals surface area contributed by atoms with Crippen LogP contribution in [0.15, 0.2) is 29.6 Å². The summed E-state index contributed by atoms with van der Waals surface area (Å²) in [6.07, 6.45) is 1.79. The van der Waals surface area contributed by atoms with Gasteiger partial charge in [-0.2, -0.15) is 0 Å². The molecule has 1 aromatic heterocycles. The van der Waals surface area contributed by atoms with Gasteiger partial charge in [-0.15, -0.1) is 11.3 Å². The zero-order valence-electron chi connectivity index (χ0n) is 10.6. The lowest BCUT2D eigenvalue weighted by Gasteiger charge is -2.12. The molecule has 1 aromatic carbocycles. The van der Waals surface area contributed by atoms with Crippen molar-refractivity contribution in [1.29, 1.82) is 0 Å². The first-order valence-corrected chi connectivity index (χ1v) is 6.80. The van der Waals surface area contributed by atoms with Gasteiger partial charge in [0.05, 0.1) is 6.61 Å². The van der Waals surface area contributed by atoms with Crippen LogP contribution in [0.25, 0.3) is 0 Å². The molecule has 94 valence electrons. The Labute approximate surface area is 111 Å². The van der Waals surface area contributed by atoms with Gasteiger partial charge < -0.3 is 4.74 Å². The Morgan fingerprint density at radius 2 is 2.00 bits per heavy atom. The van der Waals surface area contributed by atoms with Crippen LogP contribution in [0.4, 0.5) is 0 Å². The molecule has 18 heavy (non-hydrogen) atoms. The highest BCUT2D eigenvalue weighted by Gasteiger charge is 2.06. The fourth-order valence-corrected chi connectivity index (χ4v) is 2.68. The van der Waals surface area contributed by atoms with Crippen LogP contribution in [0.2, 0.25) is 0 Å². The number of ether oxygens (including phenoxy) is 1. The lowest BCUT2D eigenvalue weighted by atomic mass is 10.1. The summed E-state index contributed by atoms with van der Waals surface area (Å²) >= 11 is 1.75. The van der Waals surface area contributed by atoms with Crippen molar-refractivity contribution >= 4 is 17.6 Å². The molecule has 0 saturated carbocycles. The predicted octanol–water partition coefficient (Wildman–Crippen LogP) is 3.80. The highest BCUT2D eigenvalue weighted by molar-refractivity contribution is 7.09. The molecule has 0 atom stereocenters. The van der Waals surface area contributed by atoms with Crippen molar-refractivity contribution in [1.82, 2.24) is 0 Å². The van der Waals surface area contributed by atoms with Crippen LogP contribution >= 0.6 is 11.3 Å². The second-order valence-corrected chi connectivity index (χ2v) is 5.31. The standard InChI is InChI=1S/C15H16O2S/c1-11-8-13(10-16)9-12(2)15(11)17-6-5-14-4-3-7-18-14/h3-4,7-10H,5-6H2,1-2H3. The Hall–Kier alpha value is -1.61. The lowest BCUT2D eigenvalue weighted by molar-refractivity contribution is 0.112. The van der Waals surface area contributed by atoms with E-state index in [0.29, 0.717) is 12.2 Å². The zero-order chi connectivity index (χ0) is 13.0. The first kappa shape index (κ1) is 12.8. The monoisotopic (exact) mass is 260 g/mol. The third kappa shape index (κ3) is 2.99. The van der Waals surface area contributed by atoms with E-state index in [2.05, 4.69) is 17.5 Å². The summed E-state index contributed by atoms with van der Waals surface area (Å²) < 4.78 is 5.83. The molecule has 0 bridgehead atoms. The number of aldehydes is 1. The molecule has 0 radical (unpaired) electrons. The molecule has 0 fully saturated rings. The summed E-state index contributed by atoms with van der Waals surface area (Å²) in [5.41, 5.74) is 2.74. The Kier molecular flexibility index (Phi) is 4.15. The number of carbonyl (C=O) groups excluding carboxylic acids is 1. The van der Waals surface area contributed by atoms with Gasteiger partial charge in [-0.05, 0) is 48.6 Å². The molecular weight excluding hydrogens is 244 g/mol. The highest BCUT2D eigenvalue weighted by Crippen LogP contribution is 2.24. The molecule has 3 heteroatoms. The van der Waals surface area contributed by atoms with Gasteiger partial charge in [0, 0.05) is 16.9 Å². The Bertz CT molecular complexity index is 506. The van der Waals surface area contributed by atoms with E-state index in [1.165, 1.54) is 4.88 Å². The normalized spacial score (nSPS) is 10.3. The molecule has 2 aromatic rings. The average molecular weight is 260 g/mol. The van der Waals surface area contributed by atoms with Crippen LogP contribution < -0.4 is 4.74 Å². The number of hydrogen-bond donors (Lipinski definition) is 0. The predicted molar refractivity (Wildman–Crippen MR) is 74.8 cm³/mol. The van der Waals surface area contributed by atoms with Gasteiger partial charge in [-0.1, -0.05) is 6.07 Å². The topological polar surface area (TPSA) is 26.3 Å². The minimum atomic E-state index is 0.669. The van der Waals surface area contributed by atoms with Crippen LogP contribution in [0.3, 0.4) is 0 Å². The summed E-state index contributed by atoms with van der Waals surface area (Å²) in [5.74, 6) is 0.900. The third-order valence-electron chi connectivity index (χ3n) is 2.79. The Balaban J connectivity index is 2.03. The SMILES string of the molecule is Cc1cc(C=O)cc(C)c1OCCc1cccs1. The molecular formula is C15H16O2S. The number of rotatable bonds is 5. The van der Waals surface area contributed by atoms with Crippen molar-refractivity contribution in [2.75, 3.05) is 6.61 Å². The van der Waals surface area contributed by atoms with Gasteiger partial charge in [-0.25, -0.2) is 0 Å². The second kappa shape index (κ2) is 5.83. The van der Waals surface area contributed by atoms with Crippen molar-refractivity contribution in [3.05, 3.63) is 51.2 Å². The Morgan fingerprint density at radius 3 is 2.56 bits per heavy atom. The minimum Gasteiger partial charge on any atom is -0.493 e. The van der Waals surface area contributed by atoms with E-state index in [-0.39, 0.29) is 0 Å². The zero-order valence-corrected chi connectivity index (χ0v) is 11.4. The average Bonchev–Trinajstić information content (AvgIpc) is 2.85. The Morgan fingerprint density at radius 1 is 1.28 bits per heavy atom. The van der Waals surface area contributed by atoms with Crippen molar-refractivity contribution in [3.8, 4) is 5.75 Å². The first-order valence-electron chi connectivity index (χ1n) is 5.92. The summed E-state index contributed by atoms with van der Waals surface area (Å²) in [5, 5.41) is 2.07. The van der Waals surface area contributed by atoms with Gasteiger partial charge in [0.2, 0.25) is 0 Å². The van der Waals surface area contributed by atoms with Crippen molar-refractivity contribution in [2.45, 2.75) is 20.3 Å². The quantitative estimate of drug-likeness (QED) is 0.764. The van der Waals surface area contributed by atoms with E-state index in [1.54, 1.807) is 11.3 Å².